The van der Waals surface area contributed by atoms with Crippen LogP contribution in [0.2, 0.25) is 0 Å². The van der Waals surface area contributed by atoms with Gasteiger partial charge in [0.05, 0.1) is 4.90 Å². The van der Waals surface area contributed by atoms with Gasteiger partial charge in [0, 0.05) is 19.0 Å². The lowest BCUT2D eigenvalue weighted by molar-refractivity contribution is -0.126. The molecule has 0 heterocycles. The molecule has 1 aliphatic rings. The van der Waals surface area contributed by atoms with E-state index >= 15 is 0 Å². The summed E-state index contributed by atoms with van der Waals surface area (Å²) < 4.78 is 27.4. The lowest BCUT2D eigenvalue weighted by Crippen LogP contribution is -2.37. The van der Waals surface area contributed by atoms with Crippen molar-refractivity contribution in [2.75, 3.05) is 33.2 Å². The molecule has 0 saturated heterocycles. The number of unbranched alkanes of at least 4 members (excludes halogenated alkanes) is 1. The molecule has 1 fully saturated rings. The highest BCUT2D eigenvalue weighted by Crippen LogP contribution is 2.28. The summed E-state index contributed by atoms with van der Waals surface area (Å²) in [5, 5.41) is 3.08. The van der Waals surface area contributed by atoms with E-state index in [1.807, 2.05) is 0 Å². The van der Waals surface area contributed by atoms with Gasteiger partial charge in [0.2, 0.25) is 15.9 Å². The van der Waals surface area contributed by atoms with E-state index in [1.165, 1.54) is 12.8 Å². The number of sulfonamides is 1. The Kier molecular flexibility index (Phi) is 10.1. The summed E-state index contributed by atoms with van der Waals surface area (Å²) in [6, 6.07) is 8.45. The summed E-state index contributed by atoms with van der Waals surface area (Å²) >= 11 is 0. The lowest BCUT2D eigenvalue weighted by Gasteiger charge is -2.28. The van der Waals surface area contributed by atoms with E-state index in [9.17, 15) is 13.2 Å². The van der Waals surface area contributed by atoms with Gasteiger partial charge in [-0.1, -0.05) is 31.5 Å². The van der Waals surface area contributed by atoms with E-state index in [0.717, 1.165) is 51.7 Å². The first kappa shape index (κ1) is 23.8. The second-order valence-electron chi connectivity index (χ2n) is 8.18. The standard InChI is InChI=1S/C22H37N3O3S/c1-3-4-16-25(2)17-8-15-23-22(26)20-13-11-19(12-14-20)18-24-29(27,28)21-9-6-5-7-10-21/h5-7,9-10,19-20,24H,3-4,8,11-18H2,1-2H3,(H,23,26). The molecule has 6 nitrogen and oxygen atoms in total. The van der Waals surface area contributed by atoms with Crippen molar-refractivity contribution in [3.05, 3.63) is 30.3 Å². The van der Waals surface area contributed by atoms with E-state index in [4.69, 9.17) is 0 Å². The number of hydrogen-bond donors (Lipinski definition) is 2. The normalized spacial score (nSPS) is 20.0. The van der Waals surface area contributed by atoms with Crippen molar-refractivity contribution in [3.63, 3.8) is 0 Å². The van der Waals surface area contributed by atoms with Crippen LogP contribution in [-0.4, -0.2) is 52.5 Å². The van der Waals surface area contributed by atoms with Crippen LogP contribution >= 0.6 is 0 Å². The Hall–Kier alpha value is -1.44. The quantitative estimate of drug-likeness (QED) is 0.507. The molecule has 164 valence electrons. The van der Waals surface area contributed by atoms with Crippen LogP contribution < -0.4 is 10.0 Å². The number of nitrogens with zero attached hydrogens (tertiary/aromatic N) is 1. The van der Waals surface area contributed by atoms with Gasteiger partial charge in [-0.05, 0) is 76.7 Å². The van der Waals surface area contributed by atoms with Gasteiger partial charge in [-0.15, -0.1) is 0 Å². The molecule has 1 aromatic rings. The lowest BCUT2D eigenvalue weighted by atomic mass is 9.81. The molecule has 0 aromatic heterocycles. The van der Waals surface area contributed by atoms with Crippen LogP contribution in [-0.2, 0) is 14.8 Å². The number of amides is 1. The molecule has 1 aromatic carbocycles. The van der Waals surface area contributed by atoms with Crippen LogP contribution in [0.25, 0.3) is 0 Å². The van der Waals surface area contributed by atoms with Crippen molar-refractivity contribution in [2.45, 2.75) is 56.8 Å². The second-order valence-corrected chi connectivity index (χ2v) is 9.95. The highest BCUT2D eigenvalue weighted by atomic mass is 32.2. The minimum Gasteiger partial charge on any atom is -0.356 e. The molecule has 0 unspecified atom stereocenters. The molecule has 0 radical (unpaired) electrons. The van der Waals surface area contributed by atoms with Gasteiger partial charge in [-0.25, -0.2) is 13.1 Å². The Morgan fingerprint density at radius 1 is 1.07 bits per heavy atom. The zero-order valence-corrected chi connectivity index (χ0v) is 18.7. The molecular weight excluding hydrogens is 386 g/mol. The Morgan fingerprint density at radius 2 is 1.72 bits per heavy atom. The topological polar surface area (TPSA) is 78.5 Å². The van der Waals surface area contributed by atoms with Gasteiger partial charge >= 0.3 is 0 Å². The van der Waals surface area contributed by atoms with Crippen molar-refractivity contribution in [2.24, 2.45) is 11.8 Å². The number of carbonyl (C=O) groups is 1. The van der Waals surface area contributed by atoms with E-state index in [0.29, 0.717) is 17.4 Å². The number of rotatable bonds is 12. The van der Waals surface area contributed by atoms with Crippen molar-refractivity contribution in [1.82, 2.24) is 14.9 Å². The summed E-state index contributed by atoms with van der Waals surface area (Å²) in [5.41, 5.74) is 0. The summed E-state index contributed by atoms with van der Waals surface area (Å²) in [7, 11) is -1.32. The highest BCUT2D eigenvalue weighted by Gasteiger charge is 2.27. The van der Waals surface area contributed by atoms with E-state index < -0.39 is 10.0 Å². The molecule has 0 atom stereocenters. The first-order valence-electron chi connectivity index (χ1n) is 10.9. The zero-order chi connectivity index (χ0) is 21.1. The van der Waals surface area contributed by atoms with Gasteiger partial charge in [-0.3, -0.25) is 4.79 Å². The largest absolute Gasteiger partial charge is 0.356 e. The molecule has 0 bridgehead atoms. The monoisotopic (exact) mass is 423 g/mol. The van der Waals surface area contributed by atoms with Crippen LogP contribution in [0.3, 0.4) is 0 Å². The minimum atomic E-state index is -3.45. The Bertz CT molecular complexity index is 701. The minimum absolute atomic E-state index is 0.0646. The molecule has 1 aliphatic carbocycles. The van der Waals surface area contributed by atoms with Crippen LogP contribution in [0, 0.1) is 11.8 Å². The smallest absolute Gasteiger partial charge is 0.240 e. The first-order chi connectivity index (χ1) is 13.9. The van der Waals surface area contributed by atoms with Crippen LogP contribution in [0.5, 0.6) is 0 Å². The van der Waals surface area contributed by atoms with E-state index in [2.05, 4.69) is 28.9 Å². The average molecular weight is 424 g/mol. The van der Waals surface area contributed by atoms with Gasteiger partial charge in [0.1, 0.15) is 0 Å². The van der Waals surface area contributed by atoms with Gasteiger partial charge in [0.15, 0.2) is 0 Å². The Balaban J connectivity index is 1.62. The average Bonchev–Trinajstić information content (AvgIpc) is 2.74. The Labute approximate surface area is 176 Å². The molecule has 1 saturated carbocycles. The van der Waals surface area contributed by atoms with Gasteiger partial charge in [-0.2, -0.15) is 0 Å². The van der Waals surface area contributed by atoms with Gasteiger partial charge in [0.25, 0.3) is 0 Å². The summed E-state index contributed by atoms with van der Waals surface area (Å²) in [6.07, 6.45) is 6.83. The van der Waals surface area contributed by atoms with E-state index in [1.54, 1.807) is 30.3 Å². The maximum absolute atomic E-state index is 12.4. The maximum atomic E-state index is 12.4. The third-order valence-corrected chi connectivity index (χ3v) is 7.18. The Morgan fingerprint density at radius 3 is 2.38 bits per heavy atom. The van der Waals surface area contributed by atoms with Crippen molar-refractivity contribution in [3.8, 4) is 0 Å². The number of benzene rings is 1. The number of hydrogen-bond acceptors (Lipinski definition) is 4. The summed E-state index contributed by atoms with van der Waals surface area (Å²) in [5.74, 6) is 0.518. The van der Waals surface area contributed by atoms with Crippen molar-refractivity contribution < 1.29 is 13.2 Å². The van der Waals surface area contributed by atoms with Crippen LogP contribution in [0.15, 0.2) is 35.2 Å². The fourth-order valence-corrected chi connectivity index (χ4v) is 4.92. The van der Waals surface area contributed by atoms with Gasteiger partial charge < -0.3 is 10.2 Å². The second kappa shape index (κ2) is 12.3. The SMILES string of the molecule is CCCCN(C)CCCNC(=O)C1CCC(CNS(=O)(=O)c2ccccc2)CC1. The molecule has 0 spiro atoms. The number of carbonyl (C=O) groups excluding carboxylic acids is 1. The molecule has 2 rings (SSSR count). The van der Waals surface area contributed by atoms with Crippen LogP contribution in [0.1, 0.15) is 51.9 Å². The summed E-state index contributed by atoms with van der Waals surface area (Å²) in [4.78, 5) is 15.0. The van der Waals surface area contributed by atoms with Crippen LogP contribution in [0.4, 0.5) is 0 Å². The molecule has 2 N–H and O–H groups in total. The fourth-order valence-electron chi connectivity index (χ4n) is 3.78. The maximum Gasteiger partial charge on any atom is 0.240 e. The fraction of sp³-hybridized carbons (Fsp3) is 0.682. The van der Waals surface area contributed by atoms with Crippen molar-refractivity contribution in [1.29, 1.82) is 0 Å². The van der Waals surface area contributed by atoms with Crippen molar-refractivity contribution >= 4 is 15.9 Å². The molecule has 7 heteroatoms. The predicted octanol–water partition coefficient (Wildman–Crippen LogP) is 3.01. The zero-order valence-electron chi connectivity index (χ0n) is 17.9. The third-order valence-electron chi connectivity index (χ3n) is 5.74. The molecule has 29 heavy (non-hydrogen) atoms. The number of nitrogens with one attached hydrogen (secondary N) is 2. The van der Waals surface area contributed by atoms with E-state index in [-0.39, 0.29) is 11.8 Å². The highest BCUT2D eigenvalue weighted by molar-refractivity contribution is 7.89. The third kappa shape index (κ3) is 8.44. The molecule has 1 amide bonds. The molecular formula is C22H37N3O3S. The predicted molar refractivity (Wildman–Crippen MR) is 117 cm³/mol. The molecule has 0 aliphatic heterocycles. The summed E-state index contributed by atoms with van der Waals surface area (Å²) in [6.45, 7) is 5.49. The first-order valence-corrected chi connectivity index (χ1v) is 12.4.